The number of nitrogen functional groups attached to an aromatic ring is 2. The molecule has 2 aromatic rings. The fraction of sp³-hybridized carbons (Fsp3) is 0.250. The molecule has 22 heavy (non-hydrogen) atoms. The predicted octanol–water partition coefficient (Wildman–Crippen LogP) is 1.23. The lowest BCUT2D eigenvalue weighted by molar-refractivity contribution is 0.105. The molecule has 118 valence electrons. The molecule has 0 aromatic heterocycles. The lowest BCUT2D eigenvalue weighted by atomic mass is 10.1. The van der Waals surface area contributed by atoms with Crippen molar-refractivity contribution in [3.8, 4) is 0 Å². The van der Waals surface area contributed by atoms with Crippen LogP contribution < -0.4 is 22.1 Å². The molecule has 0 aliphatic carbocycles. The number of rotatable bonds is 7. The van der Waals surface area contributed by atoms with Crippen LogP contribution in [0.5, 0.6) is 0 Å². The minimum absolute atomic E-state index is 0.256. The Kier molecular flexibility index (Phi) is 5.46. The molecule has 2 rings (SSSR count). The van der Waals surface area contributed by atoms with Crippen molar-refractivity contribution < 1.29 is 10.2 Å². The highest BCUT2D eigenvalue weighted by Crippen LogP contribution is 2.19. The highest BCUT2D eigenvalue weighted by atomic mass is 16.3. The van der Waals surface area contributed by atoms with Gasteiger partial charge in [-0.25, -0.2) is 0 Å². The average molecular weight is 302 g/mol. The van der Waals surface area contributed by atoms with Crippen LogP contribution in [0.25, 0.3) is 0 Å². The largest absolute Gasteiger partial charge is 0.399 e. The Hall–Kier alpha value is -2.44. The van der Waals surface area contributed by atoms with Crippen molar-refractivity contribution in [3.05, 3.63) is 48.0 Å². The van der Waals surface area contributed by atoms with Gasteiger partial charge < -0.3 is 32.3 Å². The summed E-state index contributed by atoms with van der Waals surface area (Å²) < 4.78 is 0. The molecule has 0 radical (unpaired) electrons. The molecule has 6 heteroatoms. The molecular formula is C16H22N4O2. The van der Waals surface area contributed by atoms with Gasteiger partial charge in [0.05, 0.1) is 12.7 Å². The smallest absolute Gasteiger partial charge is 0.0942 e. The number of benzene rings is 2. The third kappa shape index (κ3) is 4.54. The van der Waals surface area contributed by atoms with Crippen molar-refractivity contribution in [2.75, 3.05) is 35.3 Å². The first-order chi connectivity index (χ1) is 10.6. The van der Waals surface area contributed by atoms with Crippen LogP contribution in [-0.4, -0.2) is 29.5 Å². The van der Waals surface area contributed by atoms with Crippen LogP contribution in [0.4, 0.5) is 22.7 Å². The molecule has 1 atom stereocenters. The van der Waals surface area contributed by atoms with Crippen LogP contribution in [0.15, 0.2) is 42.5 Å². The lowest BCUT2D eigenvalue weighted by Gasteiger charge is -2.12. The van der Waals surface area contributed by atoms with Gasteiger partial charge in [0.1, 0.15) is 0 Å². The van der Waals surface area contributed by atoms with E-state index in [1.54, 1.807) is 12.1 Å². The first-order valence-corrected chi connectivity index (χ1v) is 7.09. The number of aliphatic hydroxyl groups is 2. The molecule has 8 N–H and O–H groups in total. The van der Waals surface area contributed by atoms with Crippen LogP contribution in [0.2, 0.25) is 0 Å². The summed E-state index contributed by atoms with van der Waals surface area (Å²) >= 11 is 0. The second-order valence-electron chi connectivity index (χ2n) is 5.11. The van der Waals surface area contributed by atoms with E-state index in [0.717, 1.165) is 16.9 Å². The maximum absolute atomic E-state index is 9.29. The summed E-state index contributed by atoms with van der Waals surface area (Å²) in [6, 6.07) is 13.1. The quantitative estimate of drug-likeness (QED) is 0.428. The number of hydrogen-bond acceptors (Lipinski definition) is 6. The molecular weight excluding hydrogens is 280 g/mol. The van der Waals surface area contributed by atoms with Gasteiger partial charge in [-0.3, -0.25) is 0 Å². The Balaban J connectivity index is 1.90. The zero-order valence-corrected chi connectivity index (χ0v) is 12.3. The summed E-state index contributed by atoms with van der Waals surface area (Å²) in [5, 5.41) is 24.4. The van der Waals surface area contributed by atoms with Crippen molar-refractivity contribution in [2.24, 2.45) is 0 Å². The van der Waals surface area contributed by atoms with Crippen LogP contribution in [-0.2, 0) is 6.54 Å². The molecule has 0 fully saturated rings. The Morgan fingerprint density at radius 2 is 1.59 bits per heavy atom. The fourth-order valence-corrected chi connectivity index (χ4v) is 1.98. The van der Waals surface area contributed by atoms with Gasteiger partial charge in [-0.2, -0.15) is 0 Å². The highest BCUT2D eigenvalue weighted by molar-refractivity contribution is 5.58. The summed E-state index contributed by atoms with van der Waals surface area (Å²) in [5.74, 6) is 0. The third-order valence-corrected chi connectivity index (χ3v) is 3.29. The zero-order chi connectivity index (χ0) is 15.9. The standard InChI is InChI=1S/C16H22N4O2/c17-12-1-6-16(18)11(7-12)8-19-13-2-4-14(5-3-13)20-9-15(22)10-21/h1-7,15,19-22H,8-10,17-18H2. The number of aliphatic hydroxyl groups excluding tert-OH is 2. The van der Waals surface area contributed by atoms with E-state index in [0.29, 0.717) is 24.5 Å². The molecule has 0 aliphatic rings. The number of anilines is 4. The summed E-state index contributed by atoms with van der Waals surface area (Å²) in [4.78, 5) is 0. The van der Waals surface area contributed by atoms with E-state index in [1.807, 2.05) is 30.3 Å². The van der Waals surface area contributed by atoms with Gasteiger partial charge >= 0.3 is 0 Å². The number of hydrogen-bond donors (Lipinski definition) is 6. The van der Waals surface area contributed by atoms with Crippen molar-refractivity contribution in [1.82, 2.24) is 0 Å². The van der Waals surface area contributed by atoms with E-state index in [-0.39, 0.29) is 6.61 Å². The lowest BCUT2D eigenvalue weighted by Crippen LogP contribution is -2.22. The van der Waals surface area contributed by atoms with E-state index in [9.17, 15) is 5.11 Å². The predicted molar refractivity (Wildman–Crippen MR) is 90.6 cm³/mol. The monoisotopic (exact) mass is 302 g/mol. The second kappa shape index (κ2) is 7.53. The SMILES string of the molecule is Nc1ccc(N)c(CNc2ccc(NCC(O)CO)cc2)c1. The maximum atomic E-state index is 9.29. The van der Waals surface area contributed by atoms with Crippen molar-refractivity contribution in [3.63, 3.8) is 0 Å². The van der Waals surface area contributed by atoms with E-state index < -0.39 is 6.10 Å². The van der Waals surface area contributed by atoms with Gasteiger partial charge in [0.2, 0.25) is 0 Å². The first kappa shape index (κ1) is 15.9. The molecule has 0 bridgehead atoms. The van der Waals surface area contributed by atoms with Crippen molar-refractivity contribution >= 4 is 22.7 Å². The zero-order valence-electron chi connectivity index (χ0n) is 12.3. The van der Waals surface area contributed by atoms with Crippen LogP contribution in [0, 0.1) is 0 Å². The van der Waals surface area contributed by atoms with E-state index in [2.05, 4.69) is 10.6 Å². The summed E-state index contributed by atoms with van der Waals surface area (Å²) in [6.07, 6.45) is -0.760. The summed E-state index contributed by atoms with van der Waals surface area (Å²) in [5.41, 5.74) is 15.8. The molecule has 0 saturated heterocycles. The number of nitrogens with one attached hydrogen (secondary N) is 2. The van der Waals surface area contributed by atoms with Crippen molar-refractivity contribution in [1.29, 1.82) is 0 Å². The molecule has 0 amide bonds. The van der Waals surface area contributed by atoms with Gasteiger partial charge in [-0.1, -0.05) is 0 Å². The average Bonchev–Trinajstić information content (AvgIpc) is 2.54. The Morgan fingerprint density at radius 3 is 2.23 bits per heavy atom. The third-order valence-electron chi connectivity index (χ3n) is 3.29. The summed E-state index contributed by atoms with van der Waals surface area (Å²) in [6.45, 7) is 0.643. The van der Waals surface area contributed by atoms with E-state index in [4.69, 9.17) is 16.6 Å². The molecule has 6 nitrogen and oxygen atoms in total. The van der Waals surface area contributed by atoms with Gasteiger partial charge in [0, 0.05) is 35.8 Å². The normalized spacial score (nSPS) is 11.9. The van der Waals surface area contributed by atoms with Crippen LogP contribution >= 0.6 is 0 Å². The molecule has 0 heterocycles. The molecule has 0 spiro atoms. The Bertz CT molecular complexity index is 602. The molecule has 1 unspecified atom stereocenters. The van der Waals surface area contributed by atoms with Crippen LogP contribution in [0.1, 0.15) is 5.56 Å². The van der Waals surface area contributed by atoms with Gasteiger partial charge in [0.25, 0.3) is 0 Å². The number of nitrogens with two attached hydrogens (primary N) is 2. The second-order valence-corrected chi connectivity index (χ2v) is 5.11. The van der Waals surface area contributed by atoms with Gasteiger partial charge in [-0.15, -0.1) is 0 Å². The maximum Gasteiger partial charge on any atom is 0.0942 e. The van der Waals surface area contributed by atoms with E-state index >= 15 is 0 Å². The fourth-order valence-electron chi connectivity index (χ4n) is 1.98. The molecule has 0 saturated carbocycles. The van der Waals surface area contributed by atoms with Crippen LogP contribution in [0.3, 0.4) is 0 Å². The highest BCUT2D eigenvalue weighted by Gasteiger charge is 2.02. The Labute approximate surface area is 129 Å². The van der Waals surface area contributed by atoms with Gasteiger partial charge in [0.15, 0.2) is 0 Å². The minimum Gasteiger partial charge on any atom is -0.399 e. The Morgan fingerprint density at radius 1 is 0.955 bits per heavy atom. The molecule has 0 aliphatic heterocycles. The van der Waals surface area contributed by atoms with E-state index in [1.165, 1.54) is 0 Å². The first-order valence-electron chi connectivity index (χ1n) is 7.09. The molecule has 2 aromatic carbocycles. The summed E-state index contributed by atoms with van der Waals surface area (Å²) in [7, 11) is 0. The topological polar surface area (TPSA) is 117 Å². The minimum atomic E-state index is -0.760. The van der Waals surface area contributed by atoms with Gasteiger partial charge in [-0.05, 0) is 48.0 Å². The van der Waals surface area contributed by atoms with Crippen molar-refractivity contribution in [2.45, 2.75) is 12.6 Å².